The minimum absolute atomic E-state index is 0.0972. The van der Waals surface area contributed by atoms with Crippen LogP contribution in [0.1, 0.15) is 11.1 Å². The van der Waals surface area contributed by atoms with Gasteiger partial charge in [0.05, 0.1) is 11.9 Å². The first-order chi connectivity index (χ1) is 7.59. The van der Waals surface area contributed by atoms with Gasteiger partial charge in [0, 0.05) is 10.0 Å². The van der Waals surface area contributed by atoms with Gasteiger partial charge < -0.3 is 0 Å². The zero-order valence-electron chi connectivity index (χ0n) is 9.07. The molecule has 0 atom stereocenters. The van der Waals surface area contributed by atoms with Gasteiger partial charge in [-0.25, -0.2) is 0 Å². The first-order valence-electron chi connectivity index (χ1n) is 4.91. The van der Waals surface area contributed by atoms with Crippen molar-refractivity contribution in [1.82, 2.24) is 9.78 Å². The number of hydrogen-bond acceptors (Lipinski definition) is 2. The lowest BCUT2D eigenvalue weighted by Gasteiger charge is -2.06. The Labute approximate surface area is 102 Å². The highest BCUT2D eigenvalue weighted by molar-refractivity contribution is 9.10. The molecule has 1 aromatic carbocycles. The van der Waals surface area contributed by atoms with E-state index >= 15 is 0 Å². The van der Waals surface area contributed by atoms with Crippen LogP contribution in [-0.4, -0.2) is 9.78 Å². The number of benzene rings is 1. The molecule has 0 radical (unpaired) electrons. The van der Waals surface area contributed by atoms with E-state index in [0.717, 1.165) is 15.7 Å². The minimum atomic E-state index is -0.0972. The Balaban J connectivity index is 2.66. The second-order valence-electron chi connectivity index (χ2n) is 3.67. The predicted molar refractivity (Wildman–Crippen MR) is 67.0 cm³/mol. The van der Waals surface area contributed by atoms with Crippen LogP contribution in [0.5, 0.6) is 0 Å². The third-order valence-corrected chi connectivity index (χ3v) is 3.20. The highest BCUT2D eigenvalue weighted by Gasteiger charge is 2.06. The number of aromatic nitrogens is 2. The van der Waals surface area contributed by atoms with Crippen LogP contribution >= 0.6 is 15.9 Å². The fourth-order valence-corrected chi connectivity index (χ4v) is 1.72. The highest BCUT2D eigenvalue weighted by atomic mass is 79.9. The summed E-state index contributed by atoms with van der Waals surface area (Å²) >= 11 is 3.29. The van der Waals surface area contributed by atoms with Crippen molar-refractivity contribution in [2.75, 3.05) is 0 Å². The summed E-state index contributed by atoms with van der Waals surface area (Å²) in [6, 6.07) is 7.70. The third kappa shape index (κ3) is 1.93. The smallest absolute Gasteiger partial charge is 0.267 e. The molecule has 3 nitrogen and oxygen atoms in total. The van der Waals surface area contributed by atoms with Crippen molar-refractivity contribution < 1.29 is 0 Å². The van der Waals surface area contributed by atoms with Crippen molar-refractivity contribution in [3.8, 4) is 5.69 Å². The second kappa shape index (κ2) is 4.22. The van der Waals surface area contributed by atoms with E-state index in [1.165, 1.54) is 4.68 Å². The molecule has 0 saturated heterocycles. The third-order valence-electron chi connectivity index (χ3n) is 2.40. The first kappa shape index (κ1) is 11.1. The van der Waals surface area contributed by atoms with Gasteiger partial charge in [0.1, 0.15) is 0 Å². The standard InChI is InChI=1S/C12H11BrN2O/c1-8-4-3-5-10(6-8)15-12(16)9(2)11(13)7-14-15/h3-7H,1-2H3. The molecule has 0 aliphatic rings. The molecule has 82 valence electrons. The number of halogens is 1. The molecule has 4 heteroatoms. The van der Waals surface area contributed by atoms with Gasteiger partial charge in [-0.2, -0.15) is 9.78 Å². The Morgan fingerprint density at radius 3 is 2.75 bits per heavy atom. The number of hydrogen-bond donors (Lipinski definition) is 0. The van der Waals surface area contributed by atoms with Crippen LogP contribution in [0.2, 0.25) is 0 Å². The van der Waals surface area contributed by atoms with E-state index in [9.17, 15) is 4.79 Å². The first-order valence-corrected chi connectivity index (χ1v) is 5.70. The predicted octanol–water partition coefficient (Wildman–Crippen LogP) is 2.61. The Bertz CT molecular complexity index is 590. The van der Waals surface area contributed by atoms with Crippen molar-refractivity contribution in [3.63, 3.8) is 0 Å². The van der Waals surface area contributed by atoms with Crippen LogP contribution < -0.4 is 5.56 Å². The average molecular weight is 279 g/mol. The maximum Gasteiger partial charge on any atom is 0.275 e. The Morgan fingerprint density at radius 1 is 1.31 bits per heavy atom. The maximum atomic E-state index is 12.0. The molecule has 0 saturated carbocycles. The monoisotopic (exact) mass is 278 g/mol. The SMILES string of the molecule is Cc1cccc(-n2ncc(Br)c(C)c2=O)c1. The molecule has 0 unspecified atom stereocenters. The van der Waals surface area contributed by atoms with Gasteiger partial charge in [-0.05, 0) is 47.5 Å². The number of aryl methyl sites for hydroxylation is 1. The molecular weight excluding hydrogens is 268 g/mol. The van der Waals surface area contributed by atoms with Gasteiger partial charge in [0.25, 0.3) is 5.56 Å². The van der Waals surface area contributed by atoms with Crippen LogP contribution in [0.25, 0.3) is 5.69 Å². The molecule has 0 N–H and O–H groups in total. The van der Waals surface area contributed by atoms with E-state index in [1.54, 1.807) is 13.1 Å². The molecule has 0 spiro atoms. The van der Waals surface area contributed by atoms with E-state index in [1.807, 2.05) is 31.2 Å². The van der Waals surface area contributed by atoms with Crippen LogP contribution in [0.4, 0.5) is 0 Å². The molecule has 2 rings (SSSR count). The van der Waals surface area contributed by atoms with Gasteiger partial charge in [-0.1, -0.05) is 12.1 Å². The Kier molecular flexibility index (Phi) is 2.92. The minimum Gasteiger partial charge on any atom is -0.267 e. The fourth-order valence-electron chi connectivity index (χ4n) is 1.46. The fraction of sp³-hybridized carbons (Fsp3) is 0.167. The summed E-state index contributed by atoms with van der Waals surface area (Å²) in [5.41, 5.74) is 2.46. The summed E-state index contributed by atoms with van der Waals surface area (Å²) in [7, 11) is 0. The van der Waals surface area contributed by atoms with Crippen molar-refractivity contribution in [2.45, 2.75) is 13.8 Å². The van der Waals surface area contributed by atoms with Crippen molar-refractivity contribution in [2.24, 2.45) is 0 Å². The molecular formula is C12H11BrN2O. The molecule has 2 aromatic rings. The van der Waals surface area contributed by atoms with E-state index in [2.05, 4.69) is 21.0 Å². The molecule has 0 aliphatic heterocycles. The molecule has 1 aromatic heterocycles. The van der Waals surface area contributed by atoms with Crippen LogP contribution in [0.3, 0.4) is 0 Å². The number of nitrogens with zero attached hydrogens (tertiary/aromatic N) is 2. The zero-order chi connectivity index (χ0) is 11.7. The molecule has 0 aliphatic carbocycles. The quantitative estimate of drug-likeness (QED) is 0.804. The molecule has 0 bridgehead atoms. The van der Waals surface area contributed by atoms with E-state index in [4.69, 9.17) is 0 Å². The summed E-state index contributed by atoms with van der Waals surface area (Å²) in [4.78, 5) is 12.0. The molecule has 0 amide bonds. The molecule has 0 fully saturated rings. The lowest BCUT2D eigenvalue weighted by molar-refractivity contribution is 0.791. The van der Waals surface area contributed by atoms with E-state index < -0.39 is 0 Å². The summed E-state index contributed by atoms with van der Waals surface area (Å²) in [6.45, 7) is 3.76. The van der Waals surface area contributed by atoms with Gasteiger partial charge >= 0.3 is 0 Å². The maximum absolute atomic E-state index is 12.0. The van der Waals surface area contributed by atoms with Crippen LogP contribution in [0, 0.1) is 13.8 Å². The highest BCUT2D eigenvalue weighted by Crippen LogP contribution is 2.12. The van der Waals surface area contributed by atoms with Crippen molar-refractivity contribution in [1.29, 1.82) is 0 Å². The average Bonchev–Trinajstić information content (AvgIpc) is 2.26. The van der Waals surface area contributed by atoms with E-state index in [-0.39, 0.29) is 5.56 Å². The zero-order valence-corrected chi connectivity index (χ0v) is 10.7. The lowest BCUT2D eigenvalue weighted by Crippen LogP contribution is -2.23. The van der Waals surface area contributed by atoms with Gasteiger partial charge in [-0.3, -0.25) is 4.79 Å². The van der Waals surface area contributed by atoms with E-state index in [0.29, 0.717) is 5.56 Å². The van der Waals surface area contributed by atoms with Crippen molar-refractivity contribution >= 4 is 15.9 Å². The van der Waals surface area contributed by atoms with Crippen LogP contribution in [0.15, 0.2) is 39.7 Å². The Hall–Kier alpha value is -1.42. The Morgan fingerprint density at radius 2 is 2.06 bits per heavy atom. The topological polar surface area (TPSA) is 34.9 Å². The second-order valence-corrected chi connectivity index (χ2v) is 4.53. The lowest BCUT2D eigenvalue weighted by atomic mass is 10.2. The summed E-state index contributed by atoms with van der Waals surface area (Å²) in [5, 5.41) is 4.11. The molecule has 1 heterocycles. The largest absolute Gasteiger partial charge is 0.275 e. The van der Waals surface area contributed by atoms with Crippen molar-refractivity contribution in [3.05, 3.63) is 56.4 Å². The summed E-state index contributed by atoms with van der Waals surface area (Å²) in [6.07, 6.45) is 1.64. The van der Waals surface area contributed by atoms with Gasteiger partial charge in [-0.15, -0.1) is 0 Å². The molecule has 16 heavy (non-hydrogen) atoms. The summed E-state index contributed by atoms with van der Waals surface area (Å²) < 4.78 is 2.15. The number of rotatable bonds is 1. The summed E-state index contributed by atoms with van der Waals surface area (Å²) in [5.74, 6) is 0. The van der Waals surface area contributed by atoms with Gasteiger partial charge in [0.15, 0.2) is 0 Å². The van der Waals surface area contributed by atoms with Crippen LogP contribution in [-0.2, 0) is 0 Å². The van der Waals surface area contributed by atoms with Gasteiger partial charge in [0.2, 0.25) is 0 Å². The normalized spacial score (nSPS) is 10.4.